The Morgan fingerprint density at radius 3 is 2.87 bits per heavy atom. The lowest BCUT2D eigenvalue weighted by molar-refractivity contribution is -0.120. The maximum atomic E-state index is 11.0. The number of aromatic nitrogens is 2. The summed E-state index contributed by atoms with van der Waals surface area (Å²) >= 11 is 7.01. The maximum Gasteiger partial charge on any atom is 0.221 e. The molecule has 0 bridgehead atoms. The minimum absolute atomic E-state index is 0.0390. The number of amides is 1. The summed E-state index contributed by atoms with van der Waals surface area (Å²) in [6, 6.07) is 0. The largest absolute Gasteiger partial charge is 0.359 e. The summed E-state index contributed by atoms with van der Waals surface area (Å²) in [5.41, 5.74) is 0. The first kappa shape index (κ1) is 12.4. The van der Waals surface area contributed by atoms with Gasteiger partial charge in [-0.05, 0) is 18.6 Å². The zero-order valence-electron chi connectivity index (χ0n) is 8.66. The van der Waals surface area contributed by atoms with Crippen molar-refractivity contribution in [1.29, 1.82) is 0 Å². The molecule has 0 atom stereocenters. The van der Waals surface area contributed by atoms with Crippen LogP contribution in [0, 0.1) is 0 Å². The van der Waals surface area contributed by atoms with Crippen molar-refractivity contribution in [3.8, 4) is 0 Å². The molecule has 84 valence electrons. The zero-order chi connectivity index (χ0) is 11.3. The Morgan fingerprint density at radius 1 is 1.60 bits per heavy atom. The van der Waals surface area contributed by atoms with E-state index < -0.39 is 0 Å². The Labute approximate surface area is 97.4 Å². The highest BCUT2D eigenvalue weighted by molar-refractivity contribution is 7.15. The number of hydrogen-bond donors (Lipinski definition) is 1. The lowest BCUT2D eigenvalue weighted by atomic mass is 10.4. The highest BCUT2D eigenvalue weighted by Gasteiger charge is 2.07. The molecular formula is C8H13ClN4OS. The van der Waals surface area contributed by atoms with Crippen molar-refractivity contribution in [1.82, 2.24) is 20.4 Å². The van der Waals surface area contributed by atoms with Crippen molar-refractivity contribution in [3.63, 3.8) is 0 Å². The molecule has 1 rings (SSSR count). The summed E-state index contributed by atoms with van der Waals surface area (Å²) in [6.07, 6.45) is 0.486. The fourth-order valence-corrected chi connectivity index (χ4v) is 1.97. The summed E-state index contributed by atoms with van der Waals surface area (Å²) in [7, 11) is 3.56. The van der Waals surface area contributed by atoms with Crippen molar-refractivity contribution in [3.05, 3.63) is 9.47 Å². The third kappa shape index (κ3) is 4.55. The van der Waals surface area contributed by atoms with Gasteiger partial charge in [0.15, 0.2) is 0 Å². The number of halogens is 1. The molecule has 5 nitrogen and oxygen atoms in total. The molecular weight excluding hydrogens is 236 g/mol. The molecule has 0 spiro atoms. The van der Waals surface area contributed by atoms with Crippen LogP contribution >= 0.6 is 22.9 Å². The molecule has 0 radical (unpaired) electrons. The van der Waals surface area contributed by atoms with E-state index >= 15 is 0 Å². The number of nitrogens with one attached hydrogen (secondary N) is 1. The van der Waals surface area contributed by atoms with E-state index in [0.717, 1.165) is 5.01 Å². The van der Waals surface area contributed by atoms with Crippen LogP contribution in [0.3, 0.4) is 0 Å². The van der Waals surface area contributed by atoms with E-state index in [1.165, 1.54) is 11.3 Å². The molecule has 0 aromatic carbocycles. The Balaban J connectivity index is 2.30. The first-order valence-electron chi connectivity index (χ1n) is 4.49. The predicted molar refractivity (Wildman–Crippen MR) is 59.9 cm³/mol. The molecule has 0 aliphatic rings. The minimum atomic E-state index is 0.0390. The number of hydrogen-bond acceptors (Lipinski definition) is 5. The van der Waals surface area contributed by atoms with Gasteiger partial charge < -0.3 is 5.32 Å². The Kier molecular flexibility index (Phi) is 4.93. The van der Waals surface area contributed by atoms with E-state index in [-0.39, 0.29) is 5.91 Å². The van der Waals surface area contributed by atoms with E-state index in [4.69, 9.17) is 11.6 Å². The normalized spacial score (nSPS) is 10.7. The van der Waals surface area contributed by atoms with Gasteiger partial charge >= 0.3 is 0 Å². The van der Waals surface area contributed by atoms with Crippen molar-refractivity contribution in [2.45, 2.75) is 13.0 Å². The second-order valence-corrected chi connectivity index (χ2v) is 4.75. The third-order valence-corrected chi connectivity index (χ3v) is 2.85. The Bertz CT molecular complexity index is 330. The first-order chi connectivity index (χ1) is 7.11. The molecule has 1 aromatic heterocycles. The molecule has 0 unspecified atom stereocenters. The zero-order valence-corrected chi connectivity index (χ0v) is 10.2. The van der Waals surface area contributed by atoms with Crippen LogP contribution in [0.1, 0.15) is 11.4 Å². The van der Waals surface area contributed by atoms with Gasteiger partial charge in [0.25, 0.3) is 0 Å². The number of nitrogens with zero attached hydrogens (tertiary/aromatic N) is 3. The van der Waals surface area contributed by atoms with Crippen molar-refractivity contribution < 1.29 is 4.79 Å². The lowest BCUT2D eigenvalue weighted by Crippen LogP contribution is -2.26. The minimum Gasteiger partial charge on any atom is -0.359 e. The summed E-state index contributed by atoms with van der Waals surface area (Å²) < 4.78 is 0.449. The van der Waals surface area contributed by atoms with Crippen molar-refractivity contribution >= 4 is 28.8 Å². The van der Waals surface area contributed by atoms with Gasteiger partial charge in [0.05, 0.1) is 6.54 Å². The molecule has 1 heterocycles. The van der Waals surface area contributed by atoms with E-state index in [1.807, 2.05) is 11.9 Å². The van der Waals surface area contributed by atoms with Gasteiger partial charge in [-0.25, -0.2) is 0 Å². The average molecular weight is 249 g/mol. The highest BCUT2D eigenvalue weighted by atomic mass is 35.5. The van der Waals surface area contributed by atoms with E-state index in [1.54, 1.807) is 7.05 Å². The number of carbonyl (C=O) groups excluding carboxylic acids is 1. The molecule has 1 N–H and O–H groups in total. The van der Waals surface area contributed by atoms with Gasteiger partial charge in [-0.1, -0.05) is 11.3 Å². The van der Waals surface area contributed by atoms with Crippen LogP contribution < -0.4 is 5.32 Å². The van der Waals surface area contributed by atoms with Crippen LogP contribution in [0.25, 0.3) is 0 Å². The molecule has 1 amide bonds. The monoisotopic (exact) mass is 248 g/mol. The second-order valence-electron chi connectivity index (χ2n) is 3.11. The van der Waals surface area contributed by atoms with Crippen LogP contribution in [-0.4, -0.2) is 41.6 Å². The van der Waals surface area contributed by atoms with Crippen LogP contribution in [-0.2, 0) is 11.3 Å². The predicted octanol–water partition coefficient (Wildman–Crippen LogP) is 0.759. The van der Waals surface area contributed by atoms with Gasteiger partial charge in [-0.15, -0.1) is 10.2 Å². The van der Waals surface area contributed by atoms with E-state index in [0.29, 0.717) is 24.0 Å². The Hall–Kier alpha value is -0.720. The lowest BCUT2D eigenvalue weighted by Gasteiger charge is -2.13. The SMILES string of the molecule is CNC(=O)CCN(C)Cc1nnc(Cl)s1. The summed E-state index contributed by atoms with van der Waals surface area (Å²) in [6.45, 7) is 1.36. The maximum absolute atomic E-state index is 11.0. The molecule has 0 fully saturated rings. The molecule has 0 saturated heterocycles. The van der Waals surface area contributed by atoms with E-state index in [2.05, 4.69) is 15.5 Å². The van der Waals surface area contributed by atoms with E-state index in [9.17, 15) is 4.79 Å². The average Bonchev–Trinajstić information content (AvgIpc) is 2.60. The standard InChI is InChI=1S/C8H13ClN4OS/c1-10-6(14)3-4-13(2)5-7-11-12-8(9)15-7/h3-5H2,1-2H3,(H,10,14). The van der Waals surface area contributed by atoms with Crippen LogP contribution in [0.5, 0.6) is 0 Å². The molecule has 0 saturated carbocycles. The molecule has 0 aliphatic heterocycles. The first-order valence-corrected chi connectivity index (χ1v) is 5.68. The van der Waals surface area contributed by atoms with Crippen molar-refractivity contribution in [2.75, 3.05) is 20.6 Å². The van der Waals surface area contributed by atoms with Crippen LogP contribution in [0.4, 0.5) is 0 Å². The van der Waals surface area contributed by atoms with Crippen LogP contribution in [0.15, 0.2) is 0 Å². The van der Waals surface area contributed by atoms with Crippen molar-refractivity contribution in [2.24, 2.45) is 0 Å². The Morgan fingerprint density at radius 2 is 2.33 bits per heavy atom. The quantitative estimate of drug-likeness (QED) is 0.836. The smallest absolute Gasteiger partial charge is 0.221 e. The fraction of sp³-hybridized carbons (Fsp3) is 0.625. The fourth-order valence-electron chi connectivity index (χ4n) is 1.02. The highest BCUT2D eigenvalue weighted by Crippen LogP contribution is 2.15. The summed E-state index contributed by atoms with van der Waals surface area (Å²) in [5.74, 6) is 0.0390. The molecule has 15 heavy (non-hydrogen) atoms. The van der Waals surface area contributed by atoms with Crippen LogP contribution in [0.2, 0.25) is 4.47 Å². The third-order valence-electron chi connectivity index (χ3n) is 1.85. The number of rotatable bonds is 5. The molecule has 0 aliphatic carbocycles. The molecule has 7 heteroatoms. The van der Waals surface area contributed by atoms with Gasteiger partial charge in [-0.2, -0.15) is 0 Å². The van der Waals surface area contributed by atoms with Gasteiger partial charge in [0.1, 0.15) is 5.01 Å². The second kappa shape index (κ2) is 5.99. The van der Waals surface area contributed by atoms with Gasteiger partial charge in [0.2, 0.25) is 10.4 Å². The number of carbonyl (C=O) groups is 1. The van der Waals surface area contributed by atoms with Gasteiger partial charge in [0, 0.05) is 20.0 Å². The topological polar surface area (TPSA) is 58.1 Å². The molecule has 1 aromatic rings. The summed E-state index contributed by atoms with van der Waals surface area (Å²) in [5, 5.41) is 11.0. The van der Waals surface area contributed by atoms with Gasteiger partial charge in [-0.3, -0.25) is 9.69 Å². The summed E-state index contributed by atoms with van der Waals surface area (Å²) in [4.78, 5) is 13.0.